The zero-order chi connectivity index (χ0) is 21.6. The van der Waals surface area contributed by atoms with Gasteiger partial charge in [-0.15, -0.1) is 0 Å². The molecule has 0 saturated carbocycles. The second-order valence-corrected chi connectivity index (χ2v) is 7.42. The van der Waals surface area contributed by atoms with Gasteiger partial charge in [0.15, 0.2) is 0 Å². The Hall–Kier alpha value is -3.86. The second kappa shape index (κ2) is 9.30. The van der Waals surface area contributed by atoms with Crippen LogP contribution >= 0.6 is 0 Å². The Morgan fingerprint density at radius 2 is 1.42 bits per heavy atom. The van der Waals surface area contributed by atoms with Crippen molar-refractivity contribution in [2.45, 2.75) is 13.1 Å². The SMILES string of the molecule is COc1ccc(CN2CC(=O)N(Cc3ccccc3)/C(=C/c3ccccc3)C2=O)cc1. The summed E-state index contributed by atoms with van der Waals surface area (Å²) in [6, 6.07) is 26.9. The maximum absolute atomic E-state index is 13.4. The molecule has 0 bridgehead atoms. The van der Waals surface area contributed by atoms with Gasteiger partial charge in [0, 0.05) is 6.54 Å². The monoisotopic (exact) mass is 412 g/mol. The predicted octanol–water partition coefficient (Wildman–Crippen LogP) is 4.11. The van der Waals surface area contributed by atoms with E-state index in [4.69, 9.17) is 4.74 Å². The lowest BCUT2D eigenvalue weighted by molar-refractivity contribution is -0.146. The third kappa shape index (κ3) is 4.83. The highest BCUT2D eigenvalue weighted by molar-refractivity contribution is 6.06. The Morgan fingerprint density at radius 1 is 0.806 bits per heavy atom. The van der Waals surface area contributed by atoms with E-state index in [9.17, 15) is 9.59 Å². The Kier molecular flexibility index (Phi) is 6.13. The molecule has 0 atom stereocenters. The minimum Gasteiger partial charge on any atom is -0.497 e. The number of nitrogens with zero attached hydrogens (tertiary/aromatic N) is 2. The zero-order valence-electron chi connectivity index (χ0n) is 17.4. The molecule has 2 amide bonds. The molecule has 5 nitrogen and oxygen atoms in total. The van der Waals surface area contributed by atoms with E-state index in [1.165, 1.54) is 0 Å². The van der Waals surface area contributed by atoms with Crippen LogP contribution in [0.5, 0.6) is 5.75 Å². The van der Waals surface area contributed by atoms with E-state index < -0.39 is 0 Å². The van der Waals surface area contributed by atoms with Gasteiger partial charge >= 0.3 is 0 Å². The molecule has 1 aliphatic rings. The standard InChI is InChI=1S/C26H24N2O3/c1-31-23-14-12-22(13-15-23)17-27-19-25(29)28(18-21-10-6-3-7-11-21)24(26(27)30)16-20-8-4-2-5-9-20/h2-16H,17-19H2,1H3/b24-16+. The van der Waals surface area contributed by atoms with Crippen molar-refractivity contribution in [3.63, 3.8) is 0 Å². The van der Waals surface area contributed by atoms with Crippen molar-refractivity contribution in [3.05, 3.63) is 107 Å². The fraction of sp³-hybridized carbons (Fsp3) is 0.154. The molecule has 1 saturated heterocycles. The molecule has 3 aromatic carbocycles. The lowest BCUT2D eigenvalue weighted by Crippen LogP contribution is -2.51. The first-order valence-corrected chi connectivity index (χ1v) is 10.2. The molecule has 156 valence electrons. The van der Waals surface area contributed by atoms with E-state index in [0.29, 0.717) is 18.8 Å². The number of carbonyl (C=O) groups is 2. The molecule has 5 heteroatoms. The summed E-state index contributed by atoms with van der Waals surface area (Å²) in [6.45, 7) is 0.768. The van der Waals surface area contributed by atoms with Crippen LogP contribution in [0.4, 0.5) is 0 Å². The summed E-state index contributed by atoms with van der Waals surface area (Å²) in [6.07, 6.45) is 1.79. The van der Waals surface area contributed by atoms with Crippen LogP contribution in [0.1, 0.15) is 16.7 Å². The van der Waals surface area contributed by atoms with Crippen LogP contribution in [0.15, 0.2) is 90.6 Å². The van der Waals surface area contributed by atoms with Crippen LogP contribution in [0.2, 0.25) is 0 Å². The van der Waals surface area contributed by atoms with E-state index in [2.05, 4.69) is 0 Å². The first-order valence-electron chi connectivity index (χ1n) is 10.2. The van der Waals surface area contributed by atoms with E-state index in [1.807, 2.05) is 84.9 Å². The van der Waals surface area contributed by atoms with Crippen molar-refractivity contribution in [2.75, 3.05) is 13.7 Å². The van der Waals surface area contributed by atoms with Gasteiger partial charge in [0.05, 0.1) is 13.7 Å². The van der Waals surface area contributed by atoms with Crippen molar-refractivity contribution in [3.8, 4) is 5.75 Å². The van der Waals surface area contributed by atoms with Crippen LogP contribution in [-0.4, -0.2) is 35.3 Å². The highest BCUT2D eigenvalue weighted by atomic mass is 16.5. The molecule has 0 aromatic heterocycles. The maximum Gasteiger partial charge on any atom is 0.271 e. The lowest BCUT2D eigenvalue weighted by Gasteiger charge is -2.36. The molecule has 0 radical (unpaired) electrons. The van der Waals surface area contributed by atoms with Crippen molar-refractivity contribution < 1.29 is 14.3 Å². The highest BCUT2D eigenvalue weighted by Crippen LogP contribution is 2.24. The third-order valence-electron chi connectivity index (χ3n) is 5.24. The van der Waals surface area contributed by atoms with Crippen LogP contribution in [0, 0.1) is 0 Å². The normalized spacial score (nSPS) is 15.5. The predicted molar refractivity (Wildman–Crippen MR) is 120 cm³/mol. The Labute approximate surface area is 182 Å². The van der Waals surface area contributed by atoms with E-state index >= 15 is 0 Å². The van der Waals surface area contributed by atoms with Crippen molar-refractivity contribution in [2.24, 2.45) is 0 Å². The zero-order valence-corrected chi connectivity index (χ0v) is 17.4. The summed E-state index contributed by atoms with van der Waals surface area (Å²) in [5, 5.41) is 0. The van der Waals surface area contributed by atoms with E-state index in [-0.39, 0.29) is 18.4 Å². The highest BCUT2D eigenvalue weighted by Gasteiger charge is 2.34. The number of hydrogen-bond donors (Lipinski definition) is 0. The number of methoxy groups -OCH3 is 1. The number of hydrogen-bond acceptors (Lipinski definition) is 3. The molecule has 0 N–H and O–H groups in total. The lowest BCUT2D eigenvalue weighted by atomic mass is 10.1. The molecule has 0 spiro atoms. The van der Waals surface area contributed by atoms with Gasteiger partial charge in [-0.3, -0.25) is 9.59 Å². The molecule has 0 aliphatic carbocycles. The summed E-state index contributed by atoms with van der Waals surface area (Å²) in [5.41, 5.74) is 3.19. The van der Waals surface area contributed by atoms with Gasteiger partial charge in [0.1, 0.15) is 18.0 Å². The Balaban J connectivity index is 1.64. The molecular weight excluding hydrogens is 388 g/mol. The molecule has 1 fully saturated rings. The smallest absolute Gasteiger partial charge is 0.271 e. The van der Waals surface area contributed by atoms with Gasteiger partial charge in [-0.1, -0.05) is 72.8 Å². The number of benzene rings is 3. The van der Waals surface area contributed by atoms with Gasteiger partial charge in [-0.2, -0.15) is 0 Å². The molecule has 4 rings (SSSR count). The molecular formula is C26H24N2O3. The van der Waals surface area contributed by atoms with E-state index in [0.717, 1.165) is 22.4 Å². The molecule has 31 heavy (non-hydrogen) atoms. The van der Waals surface area contributed by atoms with Crippen LogP contribution in [-0.2, 0) is 22.7 Å². The van der Waals surface area contributed by atoms with Gasteiger partial charge in [0.25, 0.3) is 5.91 Å². The Morgan fingerprint density at radius 3 is 2.06 bits per heavy atom. The van der Waals surface area contributed by atoms with Gasteiger partial charge in [0.2, 0.25) is 5.91 Å². The molecule has 3 aromatic rings. The van der Waals surface area contributed by atoms with Crippen LogP contribution in [0.25, 0.3) is 6.08 Å². The first kappa shape index (κ1) is 20.4. The number of rotatable bonds is 6. The first-order chi connectivity index (χ1) is 15.1. The van der Waals surface area contributed by atoms with Gasteiger partial charge in [-0.05, 0) is 34.9 Å². The minimum atomic E-state index is -0.157. The second-order valence-electron chi connectivity index (χ2n) is 7.42. The fourth-order valence-corrected chi connectivity index (χ4v) is 3.60. The topological polar surface area (TPSA) is 49.9 Å². The third-order valence-corrected chi connectivity index (χ3v) is 5.24. The summed E-state index contributed by atoms with van der Waals surface area (Å²) >= 11 is 0. The molecule has 1 heterocycles. The summed E-state index contributed by atoms with van der Waals surface area (Å²) in [4.78, 5) is 29.7. The van der Waals surface area contributed by atoms with Gasteiger partial charge < -0.3 is 14.5 Å². The van der Waals surface area contributed by atoms with Crippen molar-refractivity contribution in [1.29, 1.82) is 0 Å². The average molecular weight is 412 g/mol. The maximum atomic E-state index is 13.4. The Bertz CT molecular complexity index is 1080. The molecule has 1 aliphatic heterocycles. The molecule has 0 unspecified atom stereocenters. The number of ether oxygens (including phenoxy) is 1. The average Bonchev–Trinajstić information content (AvgIpc) is 2.81. The quantitative estimate of drug-likeness (QED) is 0.573. The van der Waals surface area contributed by atoms with E-state index in [1.54, 1.807) is 23.0 Å². The van der Waals surface area contributed by atoms with Crippen molar-refractivity contribution >= 4 is 17.9 Å². The summed E-state index contributed by atoms with van der Waals surface area (Å²) in [5.74, 6) is 0.498. The largest absolute Gasteiger partial charge is 0.497 e. The van der Waals surface area contributed by atoms with Crippen molar-refractivity contribution in [1.82, 2.24) is 9.80 Å². The number of amides is 2. The summed E-state index contributed by atoms with van der Waals surface area (Å²) < 4.78 is 5.20. The van der Waals surface area contributed by atoms with Gasteiger partial charge in [-0.25, -0.2) is 0 Å². The minimum absolute atomic E-state index is 0.0455. The summed E-state index contributed by atoms with van der Waals surface area (Å²) in [7, 11) is 1.61. The van der Waals surface area contributed by atoms with Crippen LogP contribution < -0.4 is 4.74 Å². The number of carbonyl (C=O) groups excluding carboxylic acids is 2. The fourth-order valence-electron chi connectivity index (χ4n) is 3.60. The van der Waals surface area contributed by atoms with Crippen LogP contribution in [0.3, 0.4) is 0 Å². The number of piperazine rings is 1.